The van der Waals surface area contributed by atoms with E-state index in [1.165, 1.54) is 81.8 Å². The van der Waals surface area contributed by atoms with Gasteiger partial charge in [0.25, 0.3) is 0 Å². The van der Waals surface area contributed by atoms with Crippen molar-refractivity contribution >= 4 is 39.6 Å². The molecule has 0 saturated carbocycles. The quantitative estimate of drug-likeness (QED) is 0.175. The van der Waals surface area contributed by atoms with E-state index in [0.29, 0.717) is 0 Å². The molecule has 2 nitrogen and oxygen atoms in total. The molecule has 3 heteroatoms. The number of hydrogen-bond acceptors (Lipinski definition) is 3. The maximum absolute atomic E-state index is 6.76. The molecule has 0 unspecified atom stereocenters. The Labute approximate surface area is 405 Å². The Bertz CT molecular complexity index is 3850. The Hall–Kier alpha value is -8.37. The second-order valence-corrected chi connectivity index (χ2v) is 19.7. The predicted octanol–water partition coefficient (Wildman–Crippen LogP) is 17.3. The molecule has 11 aromatic rings. The molecular formula is C66H41NOS. The van der Waals surface area contributed by atoms with E-state index in [9.17, 15) is 0 Å². The Kier molecular flexibility index (Phi) is 8.17. The number of fused-ring (bicyclic) bond motifs is 20. The average Bonchev–Trinajstić information content (AvgIpc) is 3.87. The molecule has 2 aliphatic carbocycles. The van der Waals surface area contributed by atoms with Crippen LogP contribution in [0.4, 0.5) is 17.1 Å². The lowest BCUT2D eigenvalue weighted by molar-refractivity contribution is 0.436. The fourth-order valence-electron chi connectivity index (χ4n) is 12.7. The Morgan fingerprint density at radius 2 is 0.855 bits per heavy atom. The van der Waals surface area contributed by atoms with E-state index >= 15 is 0 Å². The highest BCUT2D eigenvalue weighted by Gasteiger charge is 2.53. The molecule has 11 aromatic carbocycles. The lowest BCUT2D eigenvalue weighted by Gasteiger charge is -2.40. The van der Waals surface area contributed by atoms with Gasteiger partial charge < -0.3 is 9.64 Å². The molecule has 322 valence electrons. The highest BCUT2D eigenvalue weighted by Crippen LogP contribution is 2.65. The number of ether oxygens (including phenoxy) is 1. The topological polar surface area (TPSA) is 12.5 Å². The number of rotatable bonds is 4. The summed E-state index contributed by atoms with van der Waals surface area (Å²) in [5.74, 6) is 1.77. The molecule has 0 amide bonds. The van der Waals surface area contributed by atoms with E-state index in [4.69, 9.17) is 4.74 Å². The number of nitrogens with zero attached hydrogens (tertiary/aromatic N) is 1. The highest BCUT2D eigenvalue weighted by atomic mass is 32.2. The van der Waals surface area contributed by atoms with Crippen LogP contribution >= 0.6 is 11.8 Å². The average molecular weight is 896 g/mol. The maximum Gasteiger partial charge on any atom is 0.132 e. The largest absolute Gasteiger partial charge is 0.457 e. The summed E-state index contributed by atoms with van der Waals surface area (Å²) >= 11 is 1.89. The van der Waals surface area contributed by atoms with Crippen LogP contribution in [0.25, 0.3) is 44.2 Å². The first-order chi connectivity index (χ1) is 34.2. The smallest absolute Gasteiger partial charge is 0.132 e. The van der Waals surface area contributed by atoms with Gasteiger partial charge in [-0.2, -0.15) is 0 Å². The Morgan fingerprint density at radius 3 is 1.61 bits per heavy atom. The lowest BCUT2D eigenvalue weighted by Crippen LogP contribution is -2.32. The third kappa shape index (κ3) is 5.17. The minimum atomic E-state index is -0.611. The zero-order valence-electron chi connectivity index (χ0n) is 37.4. The predicted molar refractivity (Wildman–Crippen MR) is 283 cm³/mol. The van der Waals surface area contributed by atoms with Crippen molar-refractivity contribution in [3.8, 4) is 44.9 Å². The van der Waals surface area contributed by atoms with Gasteiger partial charge in [-0.15, -0.1) is 0 Å². The first kappa shape index (κ1) is 38.7. The second kappa shape index (κ2) is 14.6. The van der Waals surface area contributed by atoms with Crippen LogP contribution in [0, 0.1) is 0 Å². The van der Waals surface area contributed by atoms with Crippen LogP contribution < -0.4 is 9.64 Å². The number of anilines is 3. The molecule has 2 heterocycles. The molecule has 15 rings (SSSR count). The van der Waals surface area contributed by atoms with Crippen LogP contribution in [-0.2, 0) is 10.8 Å². The van der Waals surface area contributed by atoms with Crippen LogP contribution in [0.1, 0.15) is 44.5 Å². The summed E-state index contributed by atoms with van der Waals surface area (Å²) in [6.45, 7) is 0. The Balaban J connectivity index is 1.04. The maximum atomic E-state index is 6.76. The normalized spacial score (nSPS) is 14.4. The van der Waals surface area contributed by atoms with Crippen LogP contribution in [-0.4, -0.2) is 0 Å². The molecule has 2 spiro atoms. The summed E-state index contributed by atoms with van der Waals surface area (Å²) in [5.41, 5.74) is 19.7. The van der Waals surface area contributed by atoms with Gasteiger partial charge in [0.2, 0.25) is 0 Å². The van der Waals surface area contributed by atoms with Gasteiger partial charge in [-0.1, -0.05) is 206 Å². The molecule has 0 fully saturated rings. The van der Waals surface area contributed by atoms with E-state index < -0.39 is 10.8 Å². The molecule has 69 heavy (non-hydrogen) atoms. The summed E-state index contributed by atoms with van der Waals surface area (Å²) < 4.78 is 6.76. The van der Waals surface area contributed by atoms with Gasteiger partial charge >= 0.3 is 0 Å². The zero-order chi connectivity index (χ0) is 45.3. The minimum absolute atomic E-state index is 0.506. The van der Waals surface area contributed by atoms with Gasteiger partial charge in [-0.3, -0.25) is 0 Å². The fourth-order valence-corrected chi connectivity index (χ4v) is 13.9. The van der Waals surface area contributed by atoms with Crippen molar-refractivity contribution in [1.29, 1.82) is 0 Å². The van der Waals surface area contributed by atoms with Crippen molar-refractivity contribution in [2.75, 3.05) is 4.90 Å². The van der Waals surface area contributed by atoms with Crippen LogP contribution in [0.3, 0.4) is 0 Å². The van der Waals surface area contributed by atoms with E-state index in [2.05, 4.69) is 254 Å². The summed E-state index contributed by atoms with van der Waals surface area (Å²) in [4.78, 5) is 5.12. The molecular weight excluding hydrogens is 855 g/mol. The molecule has 4 aliphatic rings. The fraction of sp³-hybridized carbons (Fsp3) is 0.0303. The number of hydrogen-bond donors (Lipinski definition) is 0. The molecule has 2 aliphatic heterocycles. The van der Waals surface area contributed by atoms with Gasteiger partial charge in [-0.25, -0.2) is 0 Å². The second-order valence-electron chi connectivity index (χ2n) is 18.6. The molecule has 0 saturated heterocycles. The van der Waals surface area contributed by atoms with Crippen molar-refractivity contribution < 1.29 is 4.74 Å². The summed E-state index contributed by atoms with van der Waals surface area (Å²) in [5, 5.41) is 2.51. The Morgan fingerprint density at radius 1 is 0.333 bits per heavy atom. The summed E-state index contributed by atoms with van der Waals surface area (Å²) in [7, 11) is 0. The molecule has 0 radical (unpaired) electrons. The van der Waals surface area contributed by atoms with Crippen molar-refractivity contribution in [3.63, 3.8) is 0 Å². The van der Waals surface area contributed by atoms with Gasteiger partial charge in [-0.05, 0) is 127 Å². The van der Waals surface area contributed by atoms with E-state index in [-0.39, 0.29) is 0 Å². The SMILES string of the molecule is c1ccc(-c2ccccc2N(c2ccc3c(c2)-c2c(ccc4ccccc24)C32c3ccccc3Sc3ccccc32)c2ccc3c(c2)C2(c4ccccc4Oc4ccccc42)c2ccccc2-3)cc1. The van der Waals surface area contributed by atoms with Gasteiger partial charge in [0.15, 0.2) is 0 Å². The van der Waals surface area contributed by atoms with Crippen LogP contribution in [0.2, 0.25) is 0 Å². The third-order valence-electron chi connectivity index (χ3n) is 15.4. The first-order valence-electron chi connectivity index (χ1n) is 23.8. The van der Waals surface area contributed by atoms with Crippen molar-refractivity contribution in [3.05, 3.63) is 293 Å². The van der Waals surface area contributed by atoms with E-state index in [1.54, 1.807) is 0 Å². The van der Waals surface area contributed by atoms with Crippen molar-refractivity contribution in [2.45, 2.75) is 20.6 Å². The van der Waals surface area contributed by atoms with Crippen LogP contribution in [0.15, 0.2) is 259 Å². The summed E-state index contributed by atoms with van der Waals surface area (Å²) in [6.07, 6.45) is 0. The third-order valence-corrected chi connectivity index (χ3v) is 16.5. The number of benzene rings is 11. The minimum Gasteiger partial charge on any atom is -0.457 e. The molecule has 0 N–H and O–H groups in total. The van der Waals surface area contributed by atoms with Gasteiger partial charge in [0, 0.05) is 37.9 Å². The molecule has 0 bridgehead atoms. The molecule has 0 aromatic heterocycles. The zero-order valence-corrected chi connectivity index (χ0v) is 38.3. The van der Waals surface area contributed by atoms with Crippen molar-refractivity contribution in [1.82, 2.24) is 0 Å². The van der Waals surface area contributed by atoms with Gasteiger partial charge in [0.1, 0.15) is 11.5 Å². The highest BCUT2D eigenvalue weighted by molar-refractivity contribution is 7.99. The first-order valence-corrected chi connectivity index (χ1v) is 24.6. The van der Waals surface area contributed by atoms with Crippen molar-refractivity contribution in [2.24, 2.45) is 0 Å². The monoisotopic (exact) mass is 895 g/mol. The standard InChI is InChI=1S/C66H41NOS/c1-2-18-42(19-3-1)46-21-7-13-29-59(46)67(45-35-37-49-48-23-6-8-24-51(48)65(58(49)41-45)53-25-9-14-30-60(53)68-61-31-15-10-26-54(61)65)44-36-39-52-50(40-44)64-47-22-5-4-20-43(47)34-38-57(64)66(52)55-27-11-16-32-62(55)69-63-33-17-12-28-56(63)66/h1-41H. The van der Waals surface area contributed by atoms with E-state index in [0.717, 1.165) is 45.3 Å². The molecule has 0 atom stereocenters. The number of para-hydroxylation sites is 3. The lowest BCUT2D eigenvalue weighted by atomic mass is 9.66. The van der Waals surface area contributed by atoms with E-state index in [1.807, 2.05) is 11.8 Å². The van der Waals surface area contributed by atoms with Crippen LogP contribution in [0.5, 0.6) is 11.5 Å². The summed E-state index contributed by atoms with van der Waals surface area (Å²) in [6, 6.07) is 92.4. The van der Waals surface area contributed by atoms with Gasteiger partial charge in [0.05, 0.1) is 16.5 Å².